The number of hydrogen-bond donors (Lipinski definition) is 2. The van der Waals surface area contributed by atoms with Crippen LogP contribution in [0.4, 0.5) is 17.6 Å². The fraction of sp³-hybridized carbons (Fsp3) is 0.462. The van der Waals surface area contributed by atoms with Crippen LogP contribution in [0.3, 0.4) is 0 Å². The fourth-order valence-corrected chi connectivity index (χ4v) is 6.20. The van der Waals surface area contributed by atoms with Crippen LogP contribution in [-0.4, -0.2) is 77.6 Å². The summed E-state index contributed by atoms with van der Waals surface area (Å²) in [5, 5.41) is 14.4. The number of nitrogens with zero attached hydrogens (tertiary/aromatic N) is 3. The maximum atomic E-state index is 15.6. The average molecular weight is 583 g/mol. The number of fused-ring (bicyclic) bond motifs is 2. The number of nitrogens with one attached hydrogen (secondary N) is 1. The zero-order chi connectivity index (χ0) is 28.8. The van der Waals surface area contributed by atoms with E-state index in [-0.39, 0.29) is 54.4 Å². The highest BCUT2D eigenvalue weighted by Crippen LogP contribution is 2.45. The van der Waals surface area contributed by atoms with Gasteiger partial charge >= 0.3 is 11.9 Å². The summed E-state index contributed by atoms with van der Waals surface area (Å²) in [5.41, 5.74) is 0.264. The van der Waals surface area contributed by atoms with E-state index < -0.39 is 60.0 Å². The van der Waals surface area contributed by atoms with Crippen molar-refractivity contribution in [2.75, 3.05) is 26.9 Å². The monoisotopic (exact) mass is 582 g/mol. The second-order valence-corrected chi connectivity index (χ2v) is 10.8. The number of esters is 1. The normalized spacial score (nSPS) is 26.2. The van der Waals surface area contributed by atoms with E-state index in [4.69, 9.17) is 9.47 Å². The van der Waals surface area contributed by atoms with E-state index in [9.17, 15) is 23.5 Å². The maximum absolute atomic E-state index is 15.6. The van der Waals surface area contributed by atoms with Crippen LogP contribution in [0.5, 0.6) is 0 Å². The molecule has 1 aromatic heterocycles. The number of thiazole rings is 1. The molecule has 4 atom stereocenters. The number of alkyl halides is 2. The van der Waals surface area contributed by atoms with Crippen LogP contribution in [0.1, 0.15) is 35.0 Å². The Kier molecular flexibility index (Phi) is 7.68. The first-order valence-electron chi connectivity index (χ1n) is 12.5. The van der Waals surface area contributed by atoms with Crippen molar-refractivity contribution >= 4 is 29.1 Å². The number of hydrogen-bond acceptors (Lipinski definition) is 9. The fourth-order valence-electron chi connectivity index (χ4n) is 5.61. The lowest BCUT2D eigenvalue weighted by molar-refractivity contribution is -0.219. The molecule has 40 heavy (non-hydrogen) atoms. The molecule has 0 amide bonds. The molecule has 0 saturated carbocycles. The van der Waals surface area contributed by atoms with E-state index in [1.807, 2.05) is 0 Å². The number of carboxylic acid groups (broad SMARTS) is 1. The number of aliphatic carboxylic acids is 1. The molecule has 3 aliphatic heterocycles. The molecule has 0 aliphatic carbocycles. The van der Waals surface area contributed by atoms with E-state index in [1.54, 1.807) is 5.38 Å². The summed E-state index contributed by atoms with van der Waals surface area (Å²) in [6.45, 7) is 0.933. The summed E-state index contributed by atoms with van der Waals surface area (Å²) >= 11 is 1.24. The number of benzene rings is 1. The first-order valence-corrected chi connectivity index (χ1v) is 13.3. The number of halogens is 4. The van der Waals surface area contributed by atoms with Gasteiger partial charge in [-0.1, -0.05) is 6.07 Å². The van der Waals surface area contributed by atoms with Gasteiger partial charge in [0, 0.05) is 35.8 Å². The molecule has 14 heteroatoms. The minimum absolute atomic E-state index is 0.0492. The summed E-state index contributed by atoms with van der Waals surface area (Å²) in [7, 11) is 1.15. The number of aromatic nitrogens is 1. The van der Waals surface area contributed by atoms with E-state index in [1.165, 1.54) is 35.4 Å². The second-order valence-electron chi connectivity index (χ2n) is 9.89. The highest BCUT2D eigenvalue weighted by atomic mass is 32.1. The summed E-state index contributed by atoms with van der Waals surface area (Å²) in [4.78, 5) is 34.9. The molecule has 3 aliphatic rings. The van der Waals surface area contributed by atoms with Gasteiger partial charge in [-0.15, -0.1) is 11.3 Å². The van der Waals surface area contributed by atoms with Crippen LogP contribution in [-0.2, 0) is 19.1 Å². The molecule has 0 spiro atoms. The zero-order valence-electron chi connectivity index (χ0n) is 21.5. The van der Waals surface area contributed by atoms with Crippen molar-refractivity contribution in [2.24, 2.45) is 10.9 Å². The van der Waals surface area contributed by atoms with Crippen molar-refractivity contribution in [2.45, 2.75) is 43.8 Å². The number of morpholine rings is 1. The molecule has 1 aromatic carbocycles. The van der Waals surface area contributed by atoms with Gasteiger partial charge in [0.25, 0.3) is 5.92 Å². The predicted molar refractivity (Wildman–Crippen MR) is 135 cm³/mol. The molecule has 2 N–H and O–H groups in total. The smallest absolute Gasteiger partial charge is 0.338 e. The lowest BCUT2D eigenvalue weighted by Crippen LogP contribution is -2.67. The Morgan fingerprint density at radius 3 is 2.75 bits per heavy atom. The number of piperidine rings is 1. The summed E-state index contributed by atoms with van der Waals surface area (Å²) in [6, 6.07) is -0.910. The van der Waals surface area contributed by atoms with Gasteiger partial charge in [0.2, 0.25) is 0 Å². The molecule has 9 nitrogen and oxygen atoms in total. The van der Waals surface area contributed by atoms with Gasteiger partial charge in [0.1, 0.15) is 6.04 Å². The van der Waals surface area contributed by atoms with Crippen molar-refractivity contribution in [1.82, 2.24) is 15.2 Å². The number of carbonyl (C=O) groups is 2. The minimum atomic E-state index is -3.39. The van der Waals surface area contributed by atoms with Crippen LogP contribution >= 0.6 is 11.3 Å². The highest BCUT2D eigenvalue weighted by molar-refractivity contribution is 7.11. The Labute approximate surface area is 230 Å². The van der Waals surface area contributed by atoms with E-state index in [2.05, 4.69) is 15.3 Å². The van der Waals surface area contributed by atoms with Gasteiger partial charge < -0.3 is 19.9 Å². The van der Waals surface area contributed by atoms with Crippen LogP contribution in [0.2, 0.25) is 0 Å². The topological polar surface area (TPSA) is 113 Å². The van der Waals surface area contributed by atoms with Crippen molar-refractivity contribution in [1.29, 1.82) is 0 Å². The molecule has 2 saturated heterocycles. The summed E-state index contributed by atoms with van der Waals surface area (Å²) in [6.07, 6.45) is 0.729. The zero-order valence-corrected chi connectivity index (χ0v) is 22.3. The van der Waals surface area contributed by atoms with Crippen LogP contribution in [0, 0.1) is 24.5 Å². The lowest BCUT2D eigenvalue weighted by Gasteiger charge is -2.52. The molecular formula is C26H26F4N4O5S. The molecule has 0 radical (unpaired) electrons. The first kappa shape index (κ1) is 28.2. The second kappa shape index (κ2) is 10.9. The average Bonchev–Trinajstić information content (AvgIpc) is 3.45. The van der Waals surface area contributed by atoms with Gasteiger partial charge in [-0.3, -0.25) is 14.7 Å². The number of carboxylic acids is 1. The number of carbonyl (C=O) groups excluding carboxylic acids is 1. The predicted octanol–water partition coefficient (Wildman–Crippen LogP) is 3.45. The van der Waals surface area contributed by atoms with Gasteiger partial charge in [0.15, 0.2) is 22.5 Å². The maximum Gasteiger partial charge on any atom is 0.338 e. The Morgan fingerprint density at radius 1 is 1.30 bits per heavy atom. The Balaban J connectivity index is 1.61. The third kappa shape index (κ3) is 4.99. The van der Waals surface area contributed by atoms with Crippen molar-refractivity contribution < 1.29 is 41.7 Å². The van der Waals surface area contributed by atoms with Gasteiger partial charge in [-0.25, -0.2) is 27.3 Å². The van der Waals surface area contributed by atoms with Gasteiger partial charge in [-0.05, 0) is 30.5 Å². The van der Waals surface area contributed by atoms with Gasteiger partial charge in [0.05, 0.1) is 38.4 Å². The Hall–Kier alpha value is -3.36. The standard InChI is InChI=1S/C26H26F4N4O5S/c1-12-15(3-4-16(27)21(12)28)22-20(25(37)38-2)17(32-23(33-22)24-31-5-6-40-24)9-34-14-7-13(8-19(35)36)26(29,30)18(34)11-39-10-14/h3-6,13-14,18,22H,7-11H2,1-2H3,(H,32,33)(H,35,36)/t13-,14-,18+,22+/m1/s1. The van der Waals surface area contributed by atoms with Crippen molar-refractivity contribution in [3.05, 3.63) is 62.7 Å². The Morgan fingerprint density at radius 2 is 2.08 bits per heavy atom. The number of methoxy groups -OCH3 is 1. The quantitative estimate of drug-likeness (QED) is 0.377. The van der Waals surface area contributed by atoms with E-state index >= 15 is 8.78 Å². The summed E-state index contributed by atoms with van der Waals surface area (Å²) in [5.74, 6) is -8.84. The van der Waals surface area contributed by atoms with Crippen LogP contribution < -0.4 is 5.32 Å². The third-order valence-electron chi connectivity index (χ3n) is 7.60. The van der Waals surface area contributed by atoms with Crippen molar-refractivity contribution in [3.8, 4) is 0 Å². The molecule has 2 bridgehead atoms. The van der Waals surface area contributed by atoms with E-state index in [0.29, 0.717) is 5.01 Å². The molecule has 5 rings (SSSR count). The van der Waals surface area contributed by atoms with Crippen LogP contribution in [0.25, 0.3) is 0 Å². The molecule has 4 heterocycles. The molecule has 214 valence electrons. The molecule has 2 fully saturated rings. The number of rotatable bonds is 7. The largest absolute Gasteiger partial charge is 0.481 e. The Bertz CT molecular complexity index is 1380. The van der Waals surface area contributed by atoms with Crippen molar-refractivity contribution in [3.63, 3.8) is 0 Å². The molecule has 2 aromatic rings. The van der Waals surface area contributed by atoms with E-state index in [0.717, 1.165) is 13.2 Å². The highest BCUT2D eigenvalue weighted by Gasteiger charge is 2.58. The first-order chi connectivity index (χ1) is 19.0. The molecule has 0 unspecified atom stereocenters. The SMILES string of the molecule is COC(=O)C1=C(CN2[C@H]3COC[C@H]2C(F)(F)[C@@H](CC(=O)O)C3)NC(c2nccs2)=N[C@H]1c1ccc(F)c(F)c1C. The van der Waals surface area contributed by atoms with Gasteiger partial charge in [-0.2, -0.15) is 0 Å². The number of ether oxygens (including phenoxy) is 2. The van der Waals surface area contributed by atoms with Crippen LogP contribution in [0.15, 0.2) is 40.0 Å². The number of amidine groups is 1. The lowest BCUT2D eigenvalue weighted by atomic mass is 9.79. The molecular weight excluding hydrogens is 556 g/mol. The summed E-state index contributed by atoms with van der Waals surface area (Å²) < 4.78 is 70.3. The number of aliphatic imine (C=N–C) groups is 1. The minimum Gasteiger partial charge on any atom is -0.481 e. The third-order valence-corrected chi connectivity index (χ3v) is 8.38.